The van der Waals surface area contributed by atoms with Gasteiger partial charge in [-0.2, -0.15) is 4.39 Å². The molecule has 2 saturated carbocycles. The topological polar surface area (TPSA) is 26.3 Å². The van der Waals surface area contributed by atoms with Crippen LogP contribution in [0.3, 0.4) is 0 Å². The normalized spacial score (nSPS) is 27.3. The van der Waals surface area contributed by atoms with Crippen LogP contribution in [-0.2, 0) is 9.53 Å². The molecule has 3 aliphatic carbocycles. The number of carbonyl (C=O) groups is 1. The first kappa shape index (κ1) is 23.1. The lowest BCUT2D eigenvalue weighted by molar-refractivity contribution is -0.145. The minimum atomic E-state index is -1.11. The third-order valence-corrected chi connectivity index (χ3v) is 7.41. The standard InChI is InChI=1S/C26H30F4O2/c1-15-7-14-21(25(30)22(15)27)32-26(31)18-10-8-17(9-11-18)20-13-12-19(23(28)24(20)29)16-5-3-2-4-6-16/h12-18H,2-11H2,1H3. The average Bonchev–Trinajstić information content (AvgIpc) is 2.82. The Labute approximate surface area is 186 Å². The predicted molar refractivity (Wildman–Crippen MR) is 114 cm³/mol. The fourth-order valence-corrected chi connectivity index (χ4v) is 5.35. The van der Waals surface area contributed by atoms with Crippen molar-refractivity contribution in [3.8, 4) is 0 Å². The van der Waals surface area contributed by atoms with E-state index >= 15 is 0 Å². The number of hydrogen-bond acceptors (Lipinski definition) is 2. The highest BCUT2D eigenvalue weighted by molar-refractivity contribution is 5.74. The molecular weight excluding hydrogens is 420 g/mol. The number of hydrogen-bond donors (Lipinski definition) is 0. The molecule has 0 aromatic heterocycles. The number of allylic oxidation sites excluding steroid dienone is 3. The maximum absolute atomic E-state index is 14.9. The van der Waals surface area contributed by atoms with Crippen LogP contribution in [0.25, 0.3) is 0 Å². The molecule has 4 rings (SSSR count). The molecule has 6 heteroatoms. The van der Waals surface area contributed by atoms with Crippen LogP contribution in [0.2, 0.25) is 0 Å². The molecular formula is C26H30F4O2. The molecule has 1 atom stereocenters. The lowest BCUT2D eigenvalue weighted by atomic mass is 9.77. The maximum Gasteiger partial charge on any atom is 0.314 e. The molecule has 2 fully saturated rings. The van der Waals surface area contributed by atoms with Crippen molar-refractivity contribution in [2.45, 2.75) is 83.0 Å². The van der Waals surface area contributed by atoms with Crippen LogP contribution < -0.4 is 0 Å². The van der Waals surface area contributed by atoms with Crippen LogP contribution in [0.1, 0.15) is 94.1 Å². The number of esters is 1. The highest BCUT2D eigenvalue weighted by Crippen LogP contribution is 2.41. The molecule has 0 saturated heterocycles. The second kappa shape index (κ2) is 9.80. The van der Waals surface area contributed by atoms with Crippen molar-refractivity contribution in [3.63, 3.8) is 0 Å². The van der Waals surface area contributed by atoms with Crippen molar-refractivity contribution >= 4 is 5.97 Å². The van der Waals surface area contributed by atoms with Crippen LogP contribution in [0, 0.1) is 23.5 Å². The van der Waals surface area contributed by atoms with E-state index in [1.807, 2.05) is 0 Å². The second-order valence-electron chi connectivity index (χ2n) is 9.54. The summed E-state index contributed by atoms with van der Waals surface area (Å²) in [7, 11) is 0. The van der Waals surface area contributed by atoms with Gasteiger partial charge < -0.3 is 4.74 Å². The smallest absolute Gasteiger partial charge is 0.314 e. The fourth-order valence-electron chi connectivity index (χ4n) is 5.35. The van der Waals surface area contributed by atoms with E-state index in [4.69, 9.17) is 4.74 Å². The molecule has 0 bridgehead atoms. The first-order chi connectivity index (χ1) is 15.4. The molecule has 0 spiro atoms. The zero-order valence-electron chi connectivity index (χ0n) is 18.4. The lowest BCUT2D eigenvalue weighted by Gasteiger charge is -2.29. The van der Waals surface area contributed by atoms with Gasteiger partial charge in [0.2, 0.25) is 0 Å². The zero-order chi connectivity index (χ0) is 22.8. The summed E-state index contributed by atoms with van der Waals surface area (Å²) in [4.78, 5) is 12.5. The summed E-state index contributed by atoms with van der Waals surface area (Å²) in [6, 6.07) is 3.45. The van der Waals surface area contributed by atoms with Crippen molar-refractivity contribution in [3.05, 3.63) is 58.4 Å². The molecule has 32 heavy (non-hydrogen) atoms. The Morgan fingerprint density at radius 2 is 1.41 bits per heavy atom. The summed E-state index contributed by atoms with van der Waals surface area (Å²) in [5.74, 6) is -5.53. The summed E-state index contributed by atoms with van der Waals surface area (Å²) in [6.07, 6.45) is 8.64. The number of benzene rings is 1. The van der Waals surface area contributed by atoms with E-state index in [9.17, 15) is 22.4 Å². The third-order valence-electron chi connectivity index (χ3n) is 7.41. The van der Waals surface area contributed by atoms with Crippen LogP contribution in [0.15, 0.2) is 35.6 Å². The summed E-state index contributed by atoms with van der Waals surface area (Å²) in [5.41, 5.74) is 0.856. The number of halogens is 4. The first-order valence-corrected chi connectivity index (χ1v) is 11.8. The summed E-state index contributed by atoms with van der Waals surface area (Å²) in [5, 5.41) is 0. The molecule has 1 aromatic rings. The van der Waals surface area contributed by atoms with Gasteiger partial charge in [0, 0.05) is 5.92 Å². The quantitative estimate of drug-likeness (QED) is 0.344. The highest BCUT2D eigenvalue weighted by Gasteiger charge is 2.33. The van der Waals surface area contributed by atoms with Gasteiger partial charge in [0.1, 0.15) is 5.83 Å². The van der Waals surface area contributed by atoms with Crippen molar-refractivity contribution in [2.24, 2.45) is 11.8 Å². The molecule has 0 aliphatic heterocycles. The minimum Gasteiger partial charge on any atom is -0.423 e. The van der Waals surface area contributed by atoms with Crippen LogP contribution in [0.5, 0.6) is 0 Å². The van der Waals surface area contributed by atoms with Gasteiger partial charge in [0.05, 0.1) is 5.92 Å². The van der Waals surface area contributed by atoms with Gasteiger partial charge in [-0.3, -0.25) is 4.79 Å². The largest absolute Gasteiger partial charge is 0.423 e. The Kier molecular flexibility index (Phi) is 7.06. The molecule has 0 amide bonds. The third kappa shape index (κ3) is 4.65. The first-order valence-electron chi connectivity index (χ1n) is 11.8. The number of rotatable bonds is 4. The number of carbonyl (C=O) groups excluding carboxylic acids is 1. The molecule has 2 nitrogen and oxygen atoms in total. The van der Waals surface area contributed by atoms with Crippen molar-refractivity contribution in [2.75, 3.05) is 0 Å². The molecule has 1 unspecified atom stereocenters. The van der Waals surface area contributed by atoms with Crippen molar-refractivity contribution in [1.82, 2.24) is 0 Å². The second-order valence-corrected chi connectivity index (χ2v) is 9.54. The number of ether oxygens (including phenoxy) is 1. The lowest BCUT2D eigenvalue weighted by Crippen LogP contribution is -2.24. The van der Waals surface area contributed by atoms with Crippen molar-refractivity contribution in [1.29, 1.82) is 0 Å². The summed E-state index contributed by atoms with van der Waals surface area (Å²) < 4.78 is 62.7. The predicted octanol–water partition coefficient (Wildman–Crippen LogP) is 7.90. The van der Waals surface area contributed by atoms with Gasteiger partial charge in [-0.05, 0) is 74.0 Å². The fraction of sp³-hybridized carbons (Fsp3) is 0.577. The monoisotopic (exact) mass is 450 g/mol. The molecule has 3 aliphatic rings. The summed E-state index contributed by atoms with van der Waals surface area (Å²) in [6.45, 7) is 1.56. The Hall–Kier alpha value is -2.11. The van der Waals surface area contributed by atoms with Gasteiger partial charge in [-0.1, -0.05) is 38.3 Å². The van der Waals surface area contributed by atoms with E-state index in [1.165, 1.54) is 6.08 Å². The molecule has 1 aromatic carbocycles. The Balaban J connectivity index is 1.37. The van der Waals surface area contributed by atoms with E-state index in [1.54, 1.807) is 19.1 Å². The molecule has 174 valence electrons. The van der Waals surface area contributed by atoms with Gasteiger partial charge >= 0.3 is 5.97 Å². The van der Waals surface area contributed by atoms with Crippen molar-refractivity contribution < 1.29 is 27.1 Å². The van der Waals surface area contributed by atoms with E-state index in [0.29, 0.717) is 36.8 Å². The maximum atomic E-state index is 14.9. The minimum absolute atomic E-state index is 0.0918. The van der Waals surface area contributed by atoms with Crippen LogP contribution in [-0.4, -0.2) is 5.97 Å². The zero-order valence-corrected chi connectivity index (χ0v) is 18.4. The van der Waals surface area contributed by atoms with Gasteiger partial charge in [-0.15, -0.1) is 0 Å². The molecule has 0 radical (unpaired) electrons. The Morgan fingerprint density at radius 3 is 2.00 bits per heavy atom. The molecule has 0 heterocycles. The SMILES string of the molecule is CC1CC=C(OC(=O)C2CCC(c3ccc(C4CCCCC4)c(F)c3F)CC2)C(F)=C1F. The Bertz CT molecular complexity index is 922. The average molecular weight is 451 g/mol. The van der Waals surface area contributed by atoms with E-state index in [2.05, 4.69) is 0 Å². The van der Waals surface area contributed by atoms with Gasteiger partial charge in [0.15, 0.2) is 23.2 Å². The van der Waals surface area contributed by atoms with Gasteiger partial charge in [0.25, 0.3) is 0 Å². The van der Waals surface area contributed by atoms with Crippen LogP contribution >= 0.6 is 0 Å². The Morgan fingerprint density at radius 1 is 0.844 bits per heavy atom. The summed E-state index contributed by atoms with van der Waals surface area (Å²) >= 11 is 0. The van der Waals surface area contributed by atoms with Gasteiger partial charge in [-0.25, -0.2) is 13.2 Å². The van der Waals surface area contributed by atoms with Crippen LogP contribution in [0.4, 0.5) is 17.6 Å². The molecule has 0 N–H and O–H groups in total. The van der Waals surface area contributed by atoms with E-state index in [0.717, 1.165) is 32.1 Å². The highest BCUT2D eigenvalue weighted by atomic mass is 19.2. The van der Waals surface area contributed by atoms with E-state index in [-0.39, 0.29) is 24.0 Å². The van der Waals surface area contributed by atoms with E-state index < -0.39 is 41.1 Å².